The van der Waals surface area contributed by atoms with E-state index in [1.54, 1.807) is 0 Å². The third kappa shape index (κ3) is 3.33. The molecule has 2 rings (SSSR count). The molecule has 1 aromatic heterocycles. The van der Waals surface area contributed by atoms with Crippen LogP contribution in [0.4, 0.5) is 0 Å². The van der Waals surface area contributed by atoms with Gasteiger partial charge in [-0.3, -0.25) is 4.79 Å². The molecule has 2 aromatic rings. The van der Waals surface area contributed by atoms with Crippen LogP contribution in [-0.4, -0.2) is 34.7 Å². The van der Waals surface area contributed by atoms with Crippen molar-refractivity contribution in [3.8, 4) is 0 Å². The minimum absolute atomic E-state index is 0.166. The summed E-state index contributed by atoms with van der Waals surface area (Å²) < 4.78 is 8.44. The predicted molar refractivity (Wildman–Crippen MR) is 92.5 cm³/mol. The van der Waals surface area contributed by atoms with Crippen molar-refractivity contribution in [1.82, 2.24) is 4.57 Å². The fourth-order valence-corrected chi connectivity index (χ4v) is 2.92. The molecule has 0 bridgehead atoms. The molecule has 0 N–H and O–H groups in total. The Kier molecular flexibility index (Phi) is 4.49. The van der Waals surface area contributed by atoms with E-state index >= 15 is 0 Å². The maximum atomic E-state index is 11.2. The van der Waals surface area contributed by atoms with E-state index in [2.05, 4.69) is 37.8 Å². The van der Waals surface area contributed by atoms with E-state index in [-0.39, 0.29) is 4.75 Å². The van der Waals surface area contributed by atoms with Crippen LogP contribution in [-0.2, 0) is 10.7 Å². The molecular weight excluding hydrogens is 282 g/mol. The Morgan fingerprint density at radius 1 is 1.24 bits per heavy atom. The zero-order valence-corrected chi connectivity index (χ0v) is 14.4. The fraction of sp³-hybridized carbons (Fsp3) is 0.471. The molecule has 0 amide bonds. The van der Waals surface area contributed by atoms with E-state index < -0.39 is 10.3 Å². The van der Waals surface area contributed by atoms with Crippen LogP contribution in [0.3, 0.4) is 0 Å². The average molecular weight is 307 g/mol. The summed E-state index contributed by atoms with van der Waals surface area (Å²) >= 11 is 0. The number of benzene rings is 1. The molecule has 116 valence electrons. The van der Waals surface area contributed by atoms with Crippen LogP contribution < -0.4 is 0 Å². The molecule has 0 aliphatic rings. The smallest absolute Gasteiger partial charge is 0.152 e. The van der Waals surface area contributed by atoms with Crippen LogP contribution in [0.1, 0.15) is 31.1 Å². The maximum absolute atomic E-state index is 11.2. The summed E-state index contributed by atoms with van der Waals surface area (Å²) in [5.74, 6) is 0. The second-order valence-corrected chi connectivity index (χ2v) is 10.5. The topological polar surface area (TPSA) is 31.2 Å². The minimum atomic E-state index is -1.10. The van der Waals surface area contributed by atoms with Crippen LogP contribution in [0.5, 0.6) is 0 Å². The Morgan fingerprint density at radius 2 is 1.90 bits per heavy atom. The third-order valence-electron chi connectivity index (χ3n) is 4.13. The van der Waals surface area contributed by atoms with Gasteiger partial charge in [0, 0.05) is 34.0 Å². The Balaban J connectivity index is 2.13. The average Bonchev–Trinajstić information content (AvgIpc) is 2.76. The first-order valence-corrected chi connectivity index (χ1v) is 9.54. The lowest BCUT2D eigenvalue weighted by molar-refractivity contribution is 0.112. The number of aromatic nitrogens is 1. The summed E-state index contributed by atoms with van der Waals surface area (Å²) in [6.07, 6.45) is 7.25. The van der Waals surface area contributed by atoms with Crippen molar-refractivity contribution >= 4 is 27.5 Å². The molecule has 0 radical (unpaired) electrons. The van der Waals surface area contributed by atoms with E-state index in [1.807, 2.05) is 30.5 Å². The van der Waals surface area contributed by atoms with Crippen LogP contribution >= 0.6 is 10.3 Å². The van der Waals surface area contributed by atoms with Crippen molar-refractivity contribution in [1.29, 1.82) is 0 Å². The molecule has 0 aliphatic heterocycles. The van der Waals surface area contributed by atoms with Gasteiger partial charge in [-0.25, -0.2) is 0 Å². The quantitative estimate of drug-likeness (QED) is 0.773. The predicted octanol–water partition coefficient (Wildman–Crippen LogP) is 4.25. The van der Waals surface area contributed by atoms with E-state index in [1.165, 1.54) is 0 Å². The summed E-state index contributed by atoms with van der Waals surface area (Å²) in [6, 6.07) is 7.99. The Labute approximate surface area is 128 Å². The number of fused-ring (bicyclic) bond motifs is 1. The SMILES string of the molecule is CC(C)(C)S(C)(C)OCCn1cc(C=O)c2ccccc21. The molecule has 21 heavy (non-hydrogen) atoms. The number of hydrogen-bond donors (Lipinski definition) is 0. The largest absolute Gasteiger partial charge is 0.344 e. The fourth-order valence-electron chi connectivity index (χ4n) is 2.07. The molecule has 3 nitrogen and oxygen atoms in total. The molecule has 0 aliphatic carbocycles. The van der Waals surface area contributed by atoms with Crippen molar-refractivity contribution in [3.05, 3.63) is 36.0 Å². The monoisotopic (exact) mass is 307 g/mol. The molecule has 4 heteroatoms. The second kappa shape index (κ2) is 5.85. The number of carbonyl (C=O) groups excluding carboxylic acids is 1. The van der Waals surface area contributed by atoms with Gasteiger partial charge in [0.1, 0.15) is 0 Å². The van der Waals surface area contributed by atoms with Crippen molar-refractivity contribution in [2.45, 2.75) is 32.1 Å². The molecule has 0 unspecified atom stereocenters. The van der Waals surface area contributed by atoms with Crippen LogP contribution in [0.25, 0.3) is 10.9 Å². The molecule has 0 fully saturated rings. The van der Waals surface area contributed by atoms with E-state index in [0.29, 0.717) is 6.61 Å². The number of hydrogen-bond acceptors (Lipinski definition) is 2. The highest BCUT2D eigenvalue weighted by molar-refractivity contribution is 8.29. The number of aldehydes is 1. The Bertz CT molecular complexity index is 638. The van der Waals surface area contributed by atoms with Crippen molar-refractivity contribution in [2.75, 3.05) is 19.1 Å². The van der Waals surface area contributed by atoms with Gasteiger partial charge in [-0.2, -0.15) is 0 Å². The van der Waals surface area contributed by atoms with Gasteiger partial charge in [-0.15, -0.1) is 10.3 Å². The summed E-state index contributed by atoms with van der Waals surface area (Å²) in [4.78, 5) is 11.2. The Hall–Kier alpha value is -1.26. The lowest BCUT2D eigenvalue weighted by Crippen LogP contribution is -2.26. The van der Waals surface area contributed by atoms with E-state index in [0.717, 1.165) is 29.3 Å². The molecule has 0 saturated carbocycles. The summed E-state index contributed by atoms with van der Waals surface area (Å²) in [6.45, 7) is 8.09. The second-order valence-electron chi connectivity index (χ2n) is 6.58. The first kappa shape index (κ1) is 16.1. The molecule has 1 heterocycles. The lowest BCUT2D eigenvalue weighted by atomic mass is 10.2. The van der Waals surface area contributed by atoms with Gasteiger partial charge in [-0.1, -0.05) is 39.0 Å². The highest BCUT2D eigenvalue weighted by atomic mass is 32.3. The third-order valence-corrected chi connectivity index (χ3v) is 7.84. The molecule has 0 atom stereocenters. The number of para-hydroxylation sites is 1. The zero-order valence-electron chi connectivity index (χ0n) is 13.6. The van der Waals surface area contributed by atoms with E-state index in [9.17, 15) is 4.79 Å². The van der Waals surface area contributed by atoms with Gasteiger partial charge in [0.05, 0.1) is 6.61 Å². The van der Waals surface area contributed by atoms with Gasteiger partial charge in [-0.05, 0) is 18.6 Å². The summed E-state index contributed by atoms with van der Waals surface area (Å²) in [5.41, 5.74) is 1.83. The van der Waals surface area contributed by atoms with E-state index in [4.69, 9.17) is 4.18 Å². The van der Waals surface area contributed by atoms with Gasteiger partial charge < -0.3 is 8.75 Å². The van der Waals surface area contributed by atoms with Crippen molar-refractivity contribution in [2.24, 2.45) is 0 Å². The van der Waals surface area contributed by atoms with Crippen molar-refractivity contribution < 1.29 is 8.98 Å². The standard InChI is InChI=1S/C17H25NO2S/c1-17(2,3)21(4,5)20-11-10-18-12-14(13-19)15-8-6-7-9-16(15)18/h6-9,12-13H,10-11H2,1-5H3. The first-order valence-electron chi connectivity index (χ1n) is 7.16. The van der Waals surface area contributed by atoms with Crippen LogP contribution in [0.15, 0.2) is 30.5 Å². The van der Waals surface area contributed by atoms with Crippen LogP contribution in [0.2, 0.25) is 0 Å². The molecule has 0 saturated heterocycles. The Morgan fingerprint density at radius 3 is 2.52 bits per heavy atom. The number of nitrogens with zero attached hydrogens (tertiary/aromatic N) is 1. The van der Waals surface area contributed by atoms with Gasteiger partial charge in [0.15, 0.2) is 6.29 Å². The first-order chi connectivity index (χ1) is 9.76. The molecule has 0 spiro atoms. The maximum Gasteiger partial charge on any atom is 0.152 e. The van der Waals surface area contributed by atoms with Crippen molar-refractivity contribution in [3.63, 3.8) is 0 Å². The minimum Gasteiger partial charge on any atom is -0.344 e. The number of rotatable bonds is 5. The zero-order chi connectivity index (χ0) is 15.7. The van der Waals surface area contributed by atoms with Gasteiger partial charge in [0.25, 0.3) is 0 Å². The molecule has 1 aromatic carbocycles. The highest BCUT2D eigenvalue weighted by Crippen LogP contribution is 2.53. The van der Waals surface area contributed by atoms with Gasteiger partial charge >= 0.3 is 0 Å². The molecular formula is C17H25NO2S. The normalized spacial score (nSPS) is 13.6. The lowest BCUT2D eigenvalue weighted by Gasteiger charge is -2.43. The number of carbonyl (C=O) groups is 1. The highest BCUT2D eigenvalue weighted by Gasteiger charge is 2.28. The summed E-state index contributed by atoms with van der Waals surface area (Å²) in [7, 11) is -1.10. The summed E-state index contributed by atoms with van der Waals surface area (Å²) in [5, 5.41) is 1.01. The van der Waals surface area contributed by atoms with Gasteiger partial charge in [0.2, 0.25) is 0 Å². The van der Waals surface area contributed by atoms with Crippen LogP contribution in [0, 0.1) is 0 Å².